The Bertz CT molecular complexity index is 695. The smallest absolute Gasteiger partial charge is 0.248 e. The van der Waals surface area contributed by atoms with Crippen LogP contribution in [0.5, 0.6) is 0 Å². The van der Waals surface area contributed by atoms with Crippen molar-refractivity contribution in [2.24, 2.45) is 0 Å². The average molecular weight is 347 g/mol. The molecule has 1 unspecified atom stereocenters. The highest BCUT2D eigenvalue weighted by molar-refractivity contribution is 9.10. The van der Waals surface area contributed by atoms with E-state index < -0.39 is 0 Å². The fraction of sp³-hybridized carbons (Fsp3) is 0.353. The lowest BCUT2D eigenvalue weighted by Crippen LogP contribution is -2.29. The van der Waals surface area contributed by atoms with Gasteiger partial charge in [0.25, 0.3) is 0 Å². The first-order chi connectivity index (χ1) is 10.1. The van der Waals surface area contributed by atoms with Gasteiger partial charge < -0.3 is 10.3 Å². The highest BCUT2D eigenvalue weighted by Gasteiger charge is 2.22. The summed E-state index contributed by atoms with van der Waals surface area (Å²) in [4.78, 5) is 14.4. The first-order valence-corrected chi connectivity index (χ1v) is 8.17. The summed E-state index contributed by atoms with van der Waals surface area (Å²) in [6.07, 6.45) is 3.17. The predicted octanol–water partition coefficient (Wildman–Crippen LogP) is 3.87. The van der Waals surface area contributed by atoms with Crippen molar-refractivity contribution in [2.75, 3.05) is 0 Å². The summed E-state index contributed by atoms with van der Waals surface area (Å²) >= 11 is 3.62. The van der Waals surface area contributed by atoms with Gasteiger partial charge in [0, 0.05) is 28.3 Å². The molecule has 0 radical (unpaired) electrons. The van der Waals surface area contributed by atoms with Crippen LogP contribution in [-0.4, -0.2) is 4.98 Å². The van der Waals surface area contributed by atoms with Crippen LogP contribution in [0.3, 0.4) is 0 Å². The Hall–Kier alpha value is -1.39. The van der Waals surface area contributed by atoms with Crippen molar-refractivity contribution in [1.82, 2.24) is 10.3 Å². The molecular formula is C17H19BrN2O. The molecule has 0 fully saturated rings. The van der Waals surface area contributed by atoms with Gasteiger partial charge in [-0.15, -0.1) is 0 Å². The summed E-state index contributed by atoms with van der Waals surface area (Å²) in [5.41, 5.74) is 3.58. The van der Waals surface area contributed by atoms with E-state index in [1.807, 2.05) is 12.1 Å². The van der Waals surface area contributed by atoms with Gasteiger partial charge in [-0.3, -0.25) is 4.79 Å². The lowest BCUT2D eigenvalue weighted by atomic mass is 9.90. The zero-order chi connectivity index (χ0) is 14.8. The van der Waals surface area contributed by atoms with E-state index >= 15 is 0 Å². The first kappa shape index (κ1) is 14.5. The van der Waals surface area contributed by atoms with Crippen molar-refractivity contribution >= 4 is 15.9 Å². The summed E-state index contributed by atoms with van der Waals surface area (Å²) < 4.78 is 1.13. The van der Waals surface area contributed by atoms with Gasteiger partial charge in [-0.1, -0.05) is 40.2 Å². The number of hydrogen-bond acceptors (Lipinski definition) is 2. The number of aromatic amines is 1. The number of halogens is 1. The average Bonchev–Trinajstić information content (AvgIpc) is 2.47. The summed E-state index contributed by atoms with van der Waals surface area (Å²) in [6.45, 7) is 2.18. The molecule has 21 heavy (non-hydrogen) atoms. The van der Waals surface area contributed by atoms with Crippen LogP contribution in [0.1, 0.15) is 48.7 Å². The van der Waals surface area contributed by atoms with E-state index in [1.165, 1.54) is 11.1 Å². The fourth-order valence-corrected chi connectivity index (χ4v) is 3.72. The number of H-pyrrole nitrogens is 1. The van der Waals surface area contributed by atoms with E-state index in [-0.39, 0.29) is 11.6 Å². The molecule has 4 heteroatoms. The highest BCUT2D eigenvalue weighted by atomic mass is 79.9. The van der Waals surface area contributed by atoms with Crippen molar-refractivity contribution < 1.29 is 0 Å². The van der Waals surface area contributed by atoms with Crippen molar-refractivity contribution in [3.05, 3.63) is 68.0 Å². The molecule has 0 amide bonds. The normalized spacial score (nSPS) is 19.0. The highest BCUT2D eigenvalue weighted by Crippen LogP contribution is 2.31. The van der Waals surface area contributed by atoms with Gasteiger partial charge in [0.05, 0.1) is 0 Å². The molecule has 1 aromatic heterocycles. The monoisotopic (exact) mass is 346 g/mol. The van der Waals surface area contributed by atoms with Crippen LogP contribution < -0.4 is 10.9 Å². The van der Waals surface area contributed by atoms with Crippen LogP contribution in [0.25, 0.3) is 0 Å². The first-order valence-electron chi connectivity index (χ1n) is 7.37. The molecule has 1 aliphatic rings. The molecule has 110 valence electrons. The van der Waals surface area contributed by atoms with Crippen LogP contribution >= 0.6 is 15.9 Å². The molecule has 0 saturated heterocycles. The SMILES string of the molecule is C[C@H](NC1CCCc2[nH]c(=O)ccc21)c1ccccc1Br. The lowest BCUT2D eigenvalue weighted by molar-refractivity contribution is 0.411. The molecule has 0 spiro atoms. The number of rotatable bonds is 3. The van der Waals surface area contributed by atoms with Crippen molar-refractivity contribution in [2.45, 2.75) is 38.3 Å². The van der Waals surface area contributed by atoms with Crippen LogP contribution in [-0.2, 0) is 6.42 Å². The Morgan fingerprint density at radius 2 is 2.10 bits per heavy atom. The van der Waals surface area contributed by atoms with Crippen LogP contribution in [0.4, 0.5) is 0 Å². The van der Waals surface area contributed by atoms with E-state index in [2.05, 4.69) is 51.4 Å². The lowest BCUT2D eigenvalue weighted by Gasteiger charge is -2.29. The topological polar surface area (TPSA) is 44.9 Å². The number of pyridine rings is 1. The molecule has 1 heterocycles. The molecule has 3 nitrogen and oxygen atoms in total. The van der Waals surface area contributed by atoms with E-state index in [0.717, 1.165) is 29.4 Å². The van der Waals surface area contributed by atoms with E-state index in [0.29, 0.717) is 6.04 Å². The third kappa shape index (κ3) is 3.11. The maximum Gasteiger partial charge on any atom is 0.248 e. The number of fused-ring (bicyclic) bond motifs is 1. The van der Waals surface area contributed by atoms with Gasteiger partial charge in [0.1, 0.15) is 0 Å². The number of aromatic nitrogens is 1. The van der Waals surface area contributed by atoms with Crippen LogP contribution in [0, 0.1) is 0 Å². The van der Waals surface area contributed by atoms with Gasteiger partial charge in [-0.2, -0.15) is 0 Å². The zero-order valence-electron chi connectivity index (χ0n) is 12.0. The number of aryl methyl sites for hydroxylation is 1. The predicted molar refractivity (Wildman–Crippen MR) is 88.4 cm³/mol. The maximum absolute atomic E-state index is 11.5. The van der Waals surface area contributed by atoms with Gasteiger partial charge in [-0.05, 0) is 43.4 Å². The number of nitrogens with one attached hydrogen (secondary N) is 2. The number of benzene rings is 1. The van der Waals surface area contributed by atoms with E-state index in [9.17, 15) is 4.79 Å². The Kier molecular flexibility index (Phi) is 4.27. The Morgan fingerprint density at radius 1 is 1.29 bits per heavy atom. The molecule has 0 aliphatic heterocycles. The second-order valence-electron chi connectivity index (χ2n) is 5.61. The second kappa shape index (κ2) is 6.16. The van der Waals surface area contributed by atoms with Crippen molar-refractivity contribution in [3.63, 3.8) is 0 Å². The second-order valence-corrected chi connectivity index (χ2v) is 6.47. The van der Waals surface area contributed by atoms with Crippen molar-refractivity contribution in [3.8, 4) is 0 Å². The molecule has 0 bridgehead atoms. The summed E-state index contributed by atoms with van der Waals surface area (Å²) in [5, 5.41) is 3.70. The standard InChI is InChI=1S/C17H19BrN2O/c1-11(12-5-2-3-6-14(12)18)19-15-7-4-8-16-13(15)9-10-17(21)20-16/h2-3,5-6,9-11,15,19H,4,7-8H2,1H3,(H,20,21)/t11-,15?/m0/s1. The van der Waals surface area contributed by atoms with Gasteiger partial charge in [0.15, 0.2) is 0 Å². The number of hydrogen-bond donors (Lipinski definition) is 2. The molecule has 2 N–H and O–H groups in total. The Morgan fingerprint density at radius 3 is 2.90 bits per heavy atom. The maximum atomic E-state index is 11.5. The Balaban J connectivity index is 1.84. The van der Waals surface area contributed by atoms with Crippen molar-refractivity contribution in [1.29, 1.82) is 0 Å². The minimum absolute atomic E-state index is 0.00625. The Labute approximate surface area is 132 Å². The van der Waals surface area contributed by atoms with Gasteiger partial charge in [0.2, 0.25) is 5.56 Å². The van der Waals surface area contributed by atoms with Gasteiger partial charge in [-0.25, -0.2) is 0 Å². The minimum Gasteiger partial charge on any atom is -0.326 e. The van der Waals surface area contributed by atoms with Gasteiger partial charge >= 0.3 is 0 Å². The third-order valence-corrected chi connectivity index (χ3v) is 4.88. The third-order valence-electron chi connectivity index (χ3n) is 4.15. The molecule has 1 aliphatic carbocycles. The summed E-state index contributed by atoms with van der Waals surface area (Å²) in [7, 11) is 0. The quantitative estimate of drug-likeness (QED) is 0.885. The molecular weight excluding hydrogens is 328 g/mol. The largest absolute Gasteiger partial charge is 0.326 e. The molecule has 2 atom stereocenters. The molecule has 3 rings (SSSR count). The minimum atomic E-state index is -0.00625. The molecule has 2 aromatic rings. The van der Waals surface area contributed by atoms with E-state index in [4.69, 9.17) is 0 Å². The zero-order valence-corrected chi connectivity index (χ0v) is 13.6. The summed E-state index contributed by atoms with van der Waals surface area (Å²) in [6, 6.07) is 12.4. The van der Waals surface area contributed by atoms with E-state index in [1.54, 1.807) is 6.07 Å². The summed E-state index contributed by atoms with van der Waals surface area (Å²) in [5.74, 6) is 0. The van der Waals surface area contributed by atoms with Crippen LogP contribution in [0.2, 0.25) is 0 Å². The molecule has 0 saturated carbocycles. The fourth-order valence-electron chi connectivity index (χ4n) is 3.09. The molecule has 1 aromatic carbocycles. The van der Waals surface area contributed by atoms with Crippen LogP contribution in [0.15, 0.2) is 45.7 Å².